The van der Waals surface area contributed by atoms with Crippen molar-refractivity contribution in [3.63, 3.8) is 0 Å². The van der Waals surface area contributed by atoms with Gasteiger partial charge in [0.05, 0.1) is 0 Å². The van der Waals surface area contributed by atoms with Gasteiger partial charge < -0.3 is 0 Å². The molecule has 240 valence electrons. The molecule has 1 aromatic carbocycles. The number of carbonyl (C=O) groups is 6. The fourth-order valence-corrected chi connectivity index (χ4v) is 26.8. The summed E-state index contributed by atoms with van der Waals surface area (Å²) in [5, 5.41) is 0. The molecule has 0 saturated carbocycles. The average molecular weight is 1210 g/mol. The van der Waals surface area contributed by atoms with E-state index in [9.17, 15) is 28.8 Å². The van der Waals surface area contributed by atoms with Crippen LogP contribution in [-0.2, 0) is 28.8 Å². The molecule has 12 nitrogen and oxygen atoms in total. The molecule has 0 aliphatic heterocycles. The summed E-state index contributed by atoms with van der Waals surface area (Å²) in [5.41, 5.74) is 1.30. The second-order valence-corrected chi connectivity index (χ2v) is 29.1. The minimum atomic E-state index is -3.80. The van der Waals surface area contributed by atoms with Crippen molar-refractivity contribution < 1.29 is 28.8 Å². The molecule has 1 rings (SSSR count). The topological polar surface area (TPSA) is 175 Å². The van der Waals surface area contributed by atoms with Gasteiger partial charge in [0.15, 0.2) is 0 Å². The van der Waals surface area contributed by atoms with Crippen LogP contribution in [0.5, 0.6) is 0 Å². The molecule has 0 unspecified atom stereocenters. The predicted octanol–water partition coefficient (Wildman–Crippen LogP) is -1.07. The molecule has 6 N–H and O–H groups in total. The number of rotatable bonds is 15. The van der Waals surface area contributed by atoms with Crippen molar-refractivity contribution in [1.82, 2.24) is 19.6 Å². The molecule has 6 amide bonds. The Morgan fingerprint density at radius 3 is 0.622 bits per heavy atom. The molecular formula is C30H39Bi3N6O6. The number of hydrogen-bond donors (Lipinski definition) is 6. The van der Waals surface area contributed by atoms with E-state index >= 15 is 0 Å². The molecule has 0 aliphatic rings. The van der Waals surface area contributed by atoms with Gasteiger partial charge >= 0.3 is 293 Å². The van der Waals surface area contributed by atoms with Gasteiger partial charge in [-0.3, -0.25) is 0 Å². The maximum absolute atomic E-state index is 12.8. The Bertz CT molecular complexity index is 1250. The van der Waals surface area contributed by atoms with Crippen LogP contribution in [0, 0.1) is 0 Å². The number of amides is 6. The van der Waals surface area contributed by atoms with E-state index in [2.05, 4.69) is 59.0 Å². The number of carbonyl (C=O) groups excluding carboxylic acids is 6. The van der Waals surface area contributed by atoms with Crippen LogP contribution in [0.3, 0.4) is 0 Å². The molecule has 0 heterocycles. The Labute approximate surface area is 290 Å². The first-order chi connectivity index (χ1) is 20.7. The molecule has 0 saturated heterocycles. The van der Waals surface area contributed by atoms with Gasteiger partial charge in [-0.25, -0.2) is 0 Å². The maximum atomic E-state index is 12.8. The van der Waals surface area contributed by atoms with Crippen molar-refractivity contribution in [3.05, 3.63) is 91.1 Å². The molecule has 0 aliphatic carbocycles. The fraction of sp³-hybridized carbons (Fsp3) is 0.200. The summed E-state index contributed by atoms with van der Waals surface area (Å²) in [6.45, 7) is 31.3. The van der Waals surface area contributed by atoms with Crippen LogP contribution in [0.15, 0.2) is 91.1 Å². The normalized spacial score (nSPS) is 10.3. The van der Waals surface area contributed by atoms with E-state index in [1.54, 1.807) is 18.2 Å². The molecule has 45 heavy (non-hydrogen) atoms. The molecule has 0 atom stereocenters. The Hall–Kier alpha value is -2.87. The fourth-order valence-electron chi connectivity index (χ4n) is 2.62. The van der Waals surface area contributed by atoms with E-state index in [0.29, 0.717) is 9.81 Å². The summed E-state index contributed by atoms with van der Waals surface area (Å²) in [6.07, 6.45) is 0. The quantitative estimate of drug-likeness (QED) is 0.0965. The number of nitrogens with one attached hydrogen (secondary N) is 6. The van der Waals surface area contributed by atoms with E-state index in [1.807, 2.05) is 0 Å². The van der Waals surface area contributed by atoms with E-state index in [-0.39, 0.29) is 33.4 Å². The molecular weight excluding hydrogens is 1170 g/mol. The van der Waals surface area contributed by atoms with Crippen molar-refractivity contribution >= 4 is 112 Å². The Balaban J connectivity index is 4.13. The molecule has 15 heteroatoms. The second-order valence-electron chi connectivity index (χ2n) is 10.0. The van der Waals surface area contributed by atoms with Crippen LogP contribution in [-0.4, -0.2) is 102 Å². The summed E-state index contributed by atoms with van der Waals surface area (Å²) in [4.78, 5) is 76.9. The monoisotopic (exact) mass is 1210 g/mol. The summed E-state index contributed by atoms with van der Waals surface area (Å²) >= 11 is -11.4. The number of hydrogen-bond acceptors (Lipinski definition) is 6. The first kappa shape index (κ1) is 40.2. The van der Waals surface area contributed by atoms with Gasteiger partial charge in [-0.05, 0) is 0 Å². The van der Waals surface area contributed by atoms with Gasteiger partial charge in [0, 0.05) is 0 Å². The van der Waals surface area contributed by atoms with Gasteiger partial charge in [0.1, 0.15) is 0 Å². The van der Waals surface area contributed by atoms with Crippen LogP contribution in [0.25, 0.3) is 0 Å². The van der Waals surface area contributed by atoms with Crippen molar-refractivity contribution in [2.24, 2.45) is 0 Å². The summed E-state index contributed by atoms with van der Waals surface area (Å²) in [5.74, 6) is -2.84. The third-order valence-electron chi connectivity index (χ3n) is 5.27. The Morgan fingerprint density at radius 1 is 0.378 bits per heavy atom. The summed E-state index contributed by atoms with van der Waals surface area (Å²) < 4.78 is 19.1. The third kappa shape index (κ3) is 13.2. The van der Waals surface area contributed by atoms with Gasteiger partial charge in [-0.15, -0.1) is 0 Å². The van der Waals surface area contributed by atoms with Gasteiger partial charge in [0.2, 0.25) is 0 Å². The summed E-state index contributed by atoms with van der Waals surface area (Å²) in [6, 6.07) is 5.16. The van der Waals surface area contributed by atoms with Crippen molar-refractivity contribution in [2.75, 3.05) is 0 Å². The Kier molecular flexibility index (Phi) is 16.3. The predicted molar refractivity (Wildman–Crippen MR) is 180 cm³/mol. The van der Waals surface area contributed by atoms with Crippen molar-refractivity contribution in [1.29, 1.82) is 0 Å². The van der Waals surface area contributed by atoms with Gasteiger partial charge in [-0.2, -0.15) is 0 Å². The van der Waals surface area contributed by atoms with E-state index in [0.717, 1.165) is 0 Å². The van der Waals surface area contributed by atoms with Crippen LogP contribution >= 0.6 is 0 Å². The zero-order chi connectivity index (χ0) is 34.8. The third-order valence-corrected chi connectivity index (χ3v) is 24.3. The van der Waals surface area contributed by atoms with Crippen LogP contribution in [0.1, 0.15) is 41.5 Å². The SMILES string of the molecule is C=C(C)C(=O)[NH][Bi]([NH]C(=O)C(=C)C)[c]1c[c]([Bi]([NH]C(=O)C(=C)C)[NH]C(=O)C(=C)C)c[c]([Bi]([NH]C(=O)C(=C)C)[NH]C(=O)C(=C)C)c1. The molecule has 0 bridgehead atoms. The first-order valence-electron chi connectivity index (χ1n) is 13.1. The minimum absolute atomic E-state index is 0.217. The number of benzene rings is 1. The van der Waals surface area contributed by atoms with Crippen LogP contribution in [0.2, 0.25) is 0 Å². The average Bonchev–Trinajstić information content (AvgIpc) is 2.94. The van der Waals surface area contributed by atoms with Crippen LogP contribution in [0.4, 0.5) is 0 Å². The van der Waals surface area contributed by atoms with Crippen molar-refractivity contribution in [3.8, 4) is 0 Å². The van der Waals surface area contributed by atoms with Gasteiger partial charge in [0.25, 0.3) is 0 Å². The van der Waals surface area contributed by atoms with Crippen molar-refractivity contribution in [2.45, 2.75) is 41.5 Å². The molecule has 0 spiro atoms. The molecule has 0 radical (unpaired) electrons. The standard InChI is InChI=1S/C6H3.6C4H7NO.3Bi/c1-2-4-6-5-3-1;6*1-3(2)4(5)6;;;/h1,4-5H;6*1H2,2H3,(H2,5,6);;;/q;;;;;;;3*+2/p-6. The van der Waals surface area contributed by atoms with E-state index in [1.165, 1.54) is 41.5 Å². The second kappa shape index (κ2) is 18.3. The van der Waals surface area contributed by atoms with Gasteiger partial charge in [-0.1, -0.05) is 0 Å². The molecule has 0 aromatic heterocycles. The van der Waals surface area contributed by atoms with E-state index in [4.69, 9.17) is 0 Å². The molecule has 0 fully saturated rings. The van der Waals surface area contributed by atoms with Crippen LogP contribution < -0.4 is 29.4 Å². The zero-order valence-corrected chi connectivity index (χ0v) is 36.7. The molecule has 1 aromatic rings. The first-order valence-corrected chi connectivity index (χ1v) is 28.7. The zero-order valence-electron chi connectivity index (χ0n) is 26.3. The Morgan fingerprint density at radius 2 is 0.511 bits per heavy atom. The summed E-state index contributed by atoms with van der Waals surface area (Å²) in [7, 11) is 0. The van der Waals surface area contributed by atoms with E-state index < -0.39 is 102 Å².